The van der Waals surface area contributed by atoms with Crippen LogP contribution in [0.3, 0.4) is 0 Å². The van der Waals surface area contributed by atoms with Crippen LogP contribution in [0.15, 0.2) is 58.7 Å². The number of nitrogens with one attached hydrogen (secondary N) is 2. The molecule has 3 aliphatic heterocycles. The fourth-order valence-corrected chi connectivity index (χ4v) is 4.68. The van der Waals surface area contributed by atoms with Gasteiger partial charge in [0.15, 0.2) is 5.78 Å². The minimum absolute atomic E-state index is 0.116. The molecule has 0 bridgehead atoms. The van der Waals surface area contributed by atoms with Crippen molar-refractivity contribution < 1.29 is 9.90 Å². The smallest absolute Gasteiger partial charge is 0.162 e. The van der Waals surface area contributed by atoms with Gasteiger partial charge in [-0.2, -0.15) is 0 Å². The van der Waals surface area contributed by atoms with E-state index in [9.17, 15) is 9.90 Å². The van der Waals surface area contributed by atoms with Gasteiger partial charge in [0.2, 0.25) is 0 Å². The van der Waals surface area contributed by atoms with E-state index in [1.807, 2.05) is 0 Å². The van der Waals surface area contributed by atoms with E-state index >= 15 is 0 Å². The first-order valence-corrected chi connectivity index (χ1v) is 11.7. The monoisotopic (exact) mass is 426 g/mol. The Hall–Kier alpha value is -2.31. The van der Waals surface area contributed by atoms with E-state index in [0.29, 0.717) is 12.5 Å². The second-order valence-corrected chi connectivity index (χ2v) is 8.59. The number of aliphatic hydroxyl groups is 1. The molecule has 1 atom stereocenters. The summed E-state index contributed by atoms with van der Waals surface area (Å²) in [6.07, 6.45) is 18.3. The van der Waals surface area contributed by atoms with Crippen molar-refractivity contribution >= 4 is 5.78 Å². The number of allylic oxidation sites excluding steroid dienone is 8. The van der Waals surface area contributed by atoms with Gasteiger partial charge in [0.05, 0.1) is 5.70 Å². The van der Waals surface area contributed by atoms with Gasteiger partial charge in [-0.25, -0.2) is 0 Å². The van der Waals surface area contributed by atoms with E-state index in [1.54, 1.807) is 0 Å². The maximum Gasteiger partial charge on any atom is 0.162 e. The molecule has 3 rings (SSSR count). The van der Waals surface area contributed by atoms with Crippen LogP contribution in [-0.4, -0.2) is 40.0 Å². The van der Waals surface area contributed by atoms with Gasteiger partial charge in [-0.05, 0) is 63.5 Å². The number of aliphatic hydroxyl groups excluding tert-OH is 1. The largest absolute Gasteiger partial charge is 0.389 e. The van der Waals surface area contributed by atoms with Gasteiger partial charge in [-0.3, -0.25) is 9.80 Å². The highest BCUT2D eigenvalue weighted by Crippen LogP contribution is 2.34. The first kappa shape index (κ1) is 23.4. The van der Waals surface area contributed by atoms with Crippen LogP contribution in [0.4, 0.5) is 0 Å². The highest BCUT2D eigenvalue weighted by atomic mass is 16.3. The molecule has 3 aliphatic rings. The number of carbonyl (C=O) groups excluding carboxylic acids is 1. The van der Waals surface area contributed by atoms with Crippen LogP contribution in [-0.2, 0) is 4.79 Å². The molecular formula is C25H38N4O2. The maximum atomic E-state index is 12.2. The molecule has 170 valence electrons. The molecular weight excluding hydrogens is 388 g/mol. The number of nitrogens with zero attached hydrogens (tertiary/aromatic N) is 2. The first-order valence-electron chi connectivity index (χ1n) is 11.7. The average molecular weight is 427 g/mol. The van der Waals surface area contributed by atoms with E-state index in [-0.39, 0.29) is 5.78 Å². The second kappa shape index (κ2) is 11.3. The molecule has 3 heterocycles. The van der Waals surface area contributed by atoms with Crippen molar-refractivity contribution in [3.8, 4) is 0 Å². The molecule has 0 aromatic heterocycles. The zero-order chi connectivity index (χ0) is 22.2. The van der Waals surface area contributed by atoms with Gasteiger partial charge in [0, 0.05) is 43.0 Å². The van der Waals surface area contributed by atoms with Gasteiger partial charge in [0.25, 0.3) is 0 Å². The predicted octanol–water partition coefficient (Wildman–Crippen LogP) is 4.21. The van der Waals surface area contributed by atoms with Crippen LogP contribution in [0.25, 0.3) is 0 Å². The van der Waals surface area contributed by atoms with Crippen LogP contribution in [0.5, 0.6) is 0 Å². The zero-order valence-electron chi connectivity index (χ0n) is 19.3. The number of hydrogen-bond acceptors (Lipinski definition) is 6. The molecule has 0 aromatic rings. The number of fused-ring (bicyclic) bond motifs is 1. The van der Waals surface area contributed by atoms with Gasteiger partial charge in [-0.1, -0.05) is 31.2 Å². The first-order chi connectivity index (χ1) is 15.0. The molecule has 3 N–H and O–H groups in total. The second-order valence-electron chi connectivity index (χ2n) is 8.59. The third kappa shape index (κ3) is 5.89. The van der Waals surface area contributed by atoms with Crippen LogP contribution in [0.2, 0.25) is 0 Å². The molecule has 0 spiro atoms. The summed E-state index contributed by atoms with van der Waals surface area (Å²) in [5, 5.41) is 11.7. The van der Waals surface area contributed by atoms with Crippen LogP contribution in [0.1, 0.15) is 72.1 Å². The molecule has 6 nitrogen and oxygen atoms in total. The van der Waals surface area contributed by atoms with Crippen LogP contribution < -0.4 is 11.0 Å². The fourth-order valence-electron chi connectivity index (χ4n) is 4.68. The van der Waals surface area contributed by atoms with Crippen molar-refractivity contribution in [2.45, 2.75) is 78.2 Å². The molecule has 0 aromatic carbocycles. The molecule has 0 saturated carbocycles. The lowest BCUT2D eigenvalue weighted by Crippen LogP contribution is -2.45. The molecule has 6 heteroatoms. The minimum Gasteiger partial charge on any atom is -0.389 e. The Labute approximate surface area is 187 Å². The van der Waals surface area contributed by atoms with E-state index in [2.05, 4.69) is 72.1 Å². The minimum atomic E-state index is -0.399. The Morgan fingerprint density at radius 3 is 2.81 bits per heavy atom. The number of rotatable bonds is 7. The van der Waals surface area contributed by atoms with Crippen molar-refractivity contribution in [1.82, 2.24) is 20.9 Å². The third-order valence-corrected chi connectivity index (χ3v) is 6.41. The summed E-state index contributed by atoms with van der Waals surface area (Å²) in [6, 6.07) is 0.367. The van der Waals surface area contributed by atoms with Gasteiger partial charge >= 0.3 is 0 Å². The topological polar surface area (TPSA) is 67.8 Å². The third-order valence-electron chi connectivity index (χ3n) is 6.41. The Morgan fingerprint density at radius 2 is 2.03 bits per heavy atom. The highest BCUT2D eigenvalue weighted by molar-refractivity contribution is 5.83. The van der Waals surface area contributed by atoms with Crippen molar-refractivity contribution in [3.63, 3.8) is 0 Å². The average Bonchev–Trinajstić information content (AvgIpc) is 3.13. The lowest BCUT2D eigenvalue weighted by Gasteiger charge is -2.30. The fraction of sp³-hybridized carbons (Fsp3) is 0.560. The number of ketones is 1. The Balaban J connectivity index is 1.88. The summed E-state index contributed by atoms with van der Waals surface area (Å²) in [4.78, 5) is 14.6. The lowest BCUT2D eigenvalue weighted by molar-refractivity contribution is -0.121. The maximum absolute atomic E-state index is 12.2. The van der Waals surface area contributed by atoms with Crippen LogP contribution in [0, 0.1) is 0 Å². The summed E-state index contributed by atoms with van der Waals surface area (Å²) in [6.45, 7) is 6.97. The lowest BCUT2D eigenvalue weighted by atomic mass is 9.95. The molecule has 0 radical (unpaired) electrons. The quantitative estimate of drug-likeness (QED) is 0.530. The SMILES string of the molecule is CC/C=C/CC1=CNNN1C1CC/C2=C(CC(=O)CO)/C(C)=C/CC/C=C(\C)N2CC1. The molecule has 1 saturated heterocycles. The Morgan fingerprint density at radius 1 is 1.23 bits per heavy atom. The van der Waals surface area contributed by atoms with Crippen molar-refractivity contribution in [3.05, 3.63) is 58.7 Å². The van der Waals surface area contributed by atoms with E-state index < -0.39 is 6.61 Å². The summed E-state index contributed by atoms with van der Waals surface area (Å²) < 4.78 is 0. The number of Topliss-reactive ketones (excluding diaryl/α,β-unsaturated/α-hetero) is 1. The molecule has 1 fully saturated rings. The van der Waals surface area contributed by atoms with Crippen molar-refractivity contribution in [2.75, 3.05) is 13.2 Å². The van der Waals surface area contributed by atoms with Gasteiger partial charge in [-0.15, -0.1) is 5.53 Å². The van der Waals surface area contributed by atoms with Crippen molar-refractivity contribution in [1.29, 1.82) is 0 Å². The molecule has 0 aliphatic carbocycles. The summed E-state index contributed by atoms with van der Waals surface area (Å²) >= 11 is 0. The number of carbonyl (C=O) groups is 1. The Bertz CT molecular complexity index is 806. The normalized spacial score (nSPS) is 28.4. The molecule has 1 unspecified atom stereocenters. The van der Waals surface area contributed by atoms with Crippen LogP contribution >= 0.6 is 0 Å². The molecule has 31 heavy (non-hydrogen) atoms. The van der Waals surface area contributed by atoms with E-state index in [4.69, 9.17) is 0 Å². The highest BCUT2D eigenvalue weighted by Gasteiger charge is 2.30. The predicted molar refractivity (Wildman–Crippen MR) is 125 cm³/mol. The zero-order valence-corrected chi connectivity index (χ0v) is 19.3. The van der Waals surface area contributed by atoms with E-state index in [0.717, 1.165) is 57.1 Å². The van der Waals surface area contributed by atoms with E-state index in [1.165, 1.54) is 22.7 Å². The number of hydrogen-bond donors (Lipinski definition) is 3. The standard InChI is InChI=1S/C25H38N4O2/c1-4-5-6-11-22-17-26-27-29(22)21-12-13-25-24(16-23(31)18-30)19(2)9-7-8-10-20(3)28(25)15-14-21/h5-6,9-10,17,21,26-27,30H,4,7-8,11-16,18H2,1-3H3/b6-5+,19-9+,20-10+,25-24-. The van der Waals surface area contributed by atoms with Crippen molar-refractivity contribution in [2.24, 2.45) is 0 Å². The van der Waals surface area contributed by atoms with Gasteiger partial charge < -0.3 is 15.4 Å². The summed E-state index contributed by atoms with van der Waals surface area (Å²) in [7, 11) is 0. The molecule has 0 amide bonds. The Kier molecular flexibility index (Phi) is 8.55. The summed E-state index contributed by atoms with van der Waals surface area (Å²) in [5.41, 5.74) is 12.6. The number of hydrazine groups is 2. The van der Waals surface area contributed by atoms with Gasteiger partial charge in [0.1, 0.15) is 6.61 Å². The summed E-state index contributed by atoms with van der Waals surface area (Å²) in [5.74, 6) is -0.116.